The molecule has 3 fully saturated rings. The van der Waals surface area contributed by atoms with Gasteiger partial charge in [0.25, 0.3) is 0 Å². The number of carbonyl (C=O) groups excluding carboxylic acids is 1. The van der Waals surface area contributed by atoms with E-state index in [9.17, 15) is 61.0 Å². The van der Waals surface area contributed by atoms with Crippen LogP contribution in [0.1, 0.15) is 399 Å². The van der Waals surface area contributed by atoms with Crippen LogP contribution in [0.4, 0.5) is 0 Å². The zero-order valence-electron chi connectivity index (χ0n) is 67.0. The van der Waals surface area contributed by atoms with E-state index >= 15 is 0 Å². The molecule has 622 valence electrons. The SMILES string of the molecule is CCCCCCCCCCCCCCCCCCCCCCCCC/C=C/C(O)C(COC1OC(CO)C(OC2OC(CO)C(OC3OC(CO)C(O)C(O)C3O)C(O)C2O)C(O)C1O)NC(=O)CCCCCCCCCCCCCCCCCCCCCCCCCCCCCCCCCCCCC. The molecule has 0 saturated carbocycles. The Hall–Kier alpha value is -1.47. The summed E-state index contributed by atoms with van der Waals surface area (Å²) in [6, 6.07) is -0.971. The van der Waals surface area contributed by atoms with E-state index in [-0.39, 0.29) is 18.9 Å². The van der Waals surface area contributed by atoms with Crippen molar-refractivity contribution in [3.8, 4) is 0 Å². The second-order valence-electron chi connectivity index (χ2n) is 32.1. The minimum atomic E-state index is -1.98. The van der Waals surface area contributed by atoms with Crippen LogP contribution in [0.15, 0.2) is 12.2 Å². The molecule has 1 amide bonds. The van der Waals surface area contributed by atoms with Crippen LogP contribution >= 0.6 is 0 Å². The molecular weight excluding hydrogens is 1330 g/mol. The van der Waals surface area contributed by atoms with Crippen LogP contribution in [0.2, 0.25) is 0 Å². The molecule has 0 aromatic carbocycles. The third kappa shape index (κ3) is 46.3. The Bertz CT molecular complexity index is 1940. The number of aliphatic hydroxyl groups is 11. The quantitative estimate of drug-likeness (QED) is 0.0199. The van der Waals surface area contributed by atoms with Gasteiger partial charge in [-0.1, -0.05) is 386 Å². The van der Waals surface area contributed by atoms with Crippen molar-refractivity contribution >= 4 is 5.91 Å². The second-order valence-corrected chi connectivity index (χ2v) is 32.1. The van der Waals surface area contributed by atoms with Gasteiger partial charge in [0.15, 0.2) is 18.9 Å². The molecule has 3 heterocycles. The number of ether oxygens (including phenoxy) is 6. The standard InChI is InChI=1S/C86H165NO18/c1-3-5-7-9-11-13-15-17-19-21-23-25-27-29-30-31-32-33-34-35-36-37-38-40-42-44-46-48-50-52-54-56-58-60-62-64-74(92)87-69(70(91)63-61-59-57-55-53-51-49-47-45-43-41-39-28-26-24-22-20-18-16-14-12-10-8-6-4-2)68-100-84-80(98)77(95)82(72(66-89)102-84)105-86-81(99)78(96)83(73(67-90)103-86)104-85-79(97)76(94)75(93)71(65-88)101-85/h61,63,69-73,75-86,88-91,93-99H,3-60,62,64-68H2,1-2H3,(H,87,92)/b63-61+. The number of unbranched alkanes of at least 4 members (excludes halogenated alkanes) is 57. The molecule has 3 aliphatic rings. The molecule has 0 radical (unpaired) electrons. The predicted octanol–water partition coefficient (Wildman–Crippen LogP) is 16.3. The zero-order valence-corrected chi connectivity index (χ0v) is 67.0. The fourth-order valence-corrected chi connectivity index (χ4v) is 15.5. The highest BCUT2D eigenvalue weighted by molar-refractivity contribution is 5.76. The monoisotopic (exact) mass is 1500 g/mol. The molecule has 0 aromatic heterocycles. The first kappa shape index (κ1) is 97.7. The van der Waals surface area contributed by atoms with Gasteiger partial charge < -0.3 is 89.9 Å². The van der Waals surface area contributed by atoms with Gasteiger partial charge in [-0.05, 0) is 19.3 Å². The van der Waals surface area contributed by atoms with Crippen molar-refractivity contribution in [2.75, 3.05) is 26.4 Å². The summed E-state index contributed by atoms with van der Waals surface area (Å²) >= 11 is 0. The van der Waals surface area contributed by atoms with Gasteiger partial charge in [0.1, 0.15) is 73.2 Å². The number of hydrogen-bond acceptors (Lipinski definition) is 18. The van der Waals surface area contributed by atoms with Gasteiger partial charge in [0.2, 0.25) is 5.91 Å². The van der Waals surface area contributed by atoms with Gasteiger partial charge in [-0.3, -0.25) is 4.79 Å². The van der Waals surface area contributed by atoms with Gasteiger partial charge >= 0.3 is 0 Å². The van der Waals surface area contributed by atoms with E-state index in [1.165, 1.54) is 327 Å². The molecule has 0 spiro atoms. The molecule has 19 heteroatoms. The summed E-state index contributed by atoms with van der Waals surface area (Å²) in [7, 11) is 0. The first-order valence-electron chi connectivity index (χ1n) is 44.4. The highest BCUT2D eigenvalue weighted by Gasteiger charge is 2.54. The van der Waals surface area contributed by atoms with E-state index in [2.05, 4.69) is 19.2 Å². The summed E-state index contributed by atoms with van der Waals surface area (Å²) in [6.45, 7) is 1.82. The fraction of sp³-hybridized carbons (Fsp3) is 0.965. The minimum Gasteiger partial charge on any atom is -0.394 e. The highest BCUT2D eigenvalue weighted by atomic mass is 16.8. The third-order valence-electron chi connectivity index (χ3n) is 22.6. The molecule has 19 nitrogen and oxygen atoms in total. The average molecular weight is 1500 g/mol. The normalized spacial score (nSPS) is 25.7. The van der Waals surface area contributed by atoms with Gasteiger partial charge in [-0.2, -0.15) is 0 Å². The van der Waals surface area contributed by atoms with Gasteiger partial charge in [-0.15, -0.1) is 0 Å². The topological polar surface area (TPSA) is 307 Å². The number of carbonyl (C=O) groups is 1. The van der Waals surface area contributed by atoms with Gasteiger partial charge in [-0.25, -0.2) is 0 Å². The van der Waals surface area contributed by atoms with Crippen molar-refractivity contribution in [2.24, 2.45) is 0 Å². The molecule has 3 aliphatic heterocycles. The Kier molecular flexibility index (Phi) is 62.4. The molecule has 0 bridgehead atoms. The zero-order chi connectivity index (χ0) is 76.0. The number of amides is 1. The average Bonchev–Trinajstić information content (AvgIpc) is 0.780. The van der Waals surface area contributed by atoms with Crippen molar-refractivity contribution in [2.45, 2.75) is 503 Å². The van der Waals surface area contributed by atoms with Crippen molar-refractivity contribution in [3.05, 3.63) is 12.2 Å². The van der Waals surface area contributed by atoms with E-state index in [1.807, 2.05) is 6.08 Å². The summed E-state index contributed by atoms with van der Waals surface area (Å²) in [4.78, 5) is 13.5. The van der Waals surface area contributed by atoms with E-state index in [0.29, 0.717) is 6.42 Å². The smallest absolute Gasteiger partial charge is 0.220 e. The second kappa shape index (κ2) is 67.1. The van der Waals surface area contributed by atoms with Crippen LogP contribution < -0.4 is 5.32 Å². The maximum atomic E-state index is 13.5. The van der Waals surface area contributed by atoms with Gasteiger partial charge in [0.05, 0.1) is 38.6 Å². The summed E-state index contributed by atoms with van der Waals surface area (Å²) in [5.41, 5.74) is 0. The van der Waals surface area contributed by atoms with E-state index < -0.39 is 124 Å². The molecular formula is C86H165NO18. The van der Waals surface area contributed by atoms with Crippen LogP contribution in [0.3, 0.4) is 0 Å². The lowest BCUT2D eigenvalue weighted by Crippen LogP contribution is -2.66. The largest absolute Gasteiger partial charge is 0.394 e. The summed E-state index contributed by atoms with van der Waals surface area (Å²) < 4.78 is 34.5. The Morgan fingerprint density at radius 2 is 0.590 bits per heavy atom. The molecule has 0 aliphatic carbocycles. The summed E-state index contributed by atoms with van der Waals surface area (Å²) in [6.07, 6.45) is 55.1. The molecule has 3 saturated heterocycles. The van der Waals surface area contributed by atoms with E-state index in [0.717, 1.165) is 44.9 Å². The first-order valence-corrected chi connectivity index (χ1v) is 44.4. The van der Waals surface area contributed by atoms with Crippen molar-refractivity contribution in [1.29, 1.82) is 0 Å². The lowest BCUT2D eigenvalue weighted by molar-refractivity contribution is -0.379. The van der Waals surface area contributed by atoms with E-state index in [4.69, 9.17) is 28.4 Å². The number of rotatable bonds is 73. The number of allylic oxidation sites excluding steroid dienone is 1. The molecule has 12 N–H and O–H groups in total. The van der Waals surface area contributed by atoms with Crippen LogP contribution in [-0.4, -0.2) is 193 Å². The van der Waals surface area contributed by atoms with Crippen molar-refractivity contribution in [3.63, 3.8) is 0 Å². The van der Waals surface area contributed by atoms with E-state index in [1.54, 1.807) is 6.08 Å². The third-order valence-corrected chi connectivity index (χ3v) is 22.6. The lowest BCUT2D eigenvalue weighted by Gasteiger charge is -2.48. The molecule has 17 atom stereocenters. The molecule has 105 heavy (non-hydrogen) atoms. The van der Waals surface area contributed by atoms with Crippen LogP contribution in [0.25, 0.3) is 0 Å². The highest BCUT2D eigenvalue weighted by Crippen LogP contribution is 2.34. The number of hydrogen-bond donors (Lipinski definition) is 12. The number of aliphatic hydroxyl groups excluding tert-OH is 11. The van der Waals surface area contributed by atoms with Crippen molar-refractivity contribution < 1.29 is 89.4 Å². The minimum absolute atomic E-state index is 0.250. The Balaban J connectivity index is 1.32. The molecule has 17 unspecified atom stereocenters. The maximum absolute atomic E-state index is 13.5. The van der Waals surface area contributed by atoms with Gasteiger partial charge in [0, 0.05) is 6.42 Å². The fourth-order valence-electron chi connectivity index (χ4n) is 15.5. The van der Waals surface area contributed by atoms with Crippen molar-refractivity contribution in [1.82, 2.24) is 5.32 Å². The maximum Gasteiger partial charge on any atom is 0.220 e. The Labute approximate surface area is 639 Å². The predicted molar refractivity (Wildman–Crippen MR) is 420 cm³/mol. The van der Waals surface area contributed by atoms with Crippen LogP contribution in [-0.2, 0) is 33.2 Å². The van der Waals surface area contributed by atoms with Crippen LogP contribution in [0, 0.1) is 0 Å². The summed E-state index contributed by atoms with van der Waals surface area (Å²) in [5.74, 6) is -0.265. The van der Waals surface area contributed by atoms with Crippen LogP contribution in [0.5, 0.6) is 0 Å². The first-order chi connectivity index (χ1) is 51.3. The Morgan fingerprint density at radius 3 is 0.895 bits per heavy atom. The summed E-state index contributed by atoms with van der Waals surface area (Å²) in [5, 5.41) is 121. The molecule has 3 rings (SSSR count). The molecule has 0 aromatic rings. The Morgan fingerprint density at radius 1 is 0.333 bits per heavy atom. The number of nitrogens with one attached hydrogen (secondary N) is 1. The lowest BCUT2D eigenvalue weighted by atomic mass is 9.96.